The second-order valence-electron chi connectivity index (χ2n) is 7.31. The van der Waals surface area contributed by atoms with Crippen molar-refractivity contribution in [1.82, 2.24) is 5.43 Å². The van der Waals surface area contributed by atoms with Crippen molar-refractivity contribution in [1.29, 1.82) is 0 Å². The molecule has 1 N–H and O–H groups in total. The number of amides is 1. The third kappa shape index (κ3) is 6.89. The number of ether oxygens (including phenoxy) is 3. The summed E-state index contributed by atoms with van der Waals surface area (Å²) in [7, 11) is -1.23. The Hall–Kier alpha value is -3.76. The van der Waals surface area contributed by atoms with Gasteiger partial charge in [0.05, 0.1) is 27.0 Å². The van der Waals surface area contributed by atoms with Crippen LogP contribution in [0.25, 0.3) is 0 Å². The molecule has 0 bridgehead atoms. The molecular formula is C25H25ClN2O7S. The summed E-state index contributed by atoms with van der Waals surface area (Å²) >= 11 is 5.81. The lowest BCUT2D eigenvalue weighted by atomic mass is 10.2. The first-order chi connectivity index (χ1) is 17.3. The number of methoxy groups -OCH3 is 2. The van der Waals surface area contributed by atoms with Crippen LogP contribution in [0, 0.1) is 0 Å². The van der Waals surface area contributed by atoms with Crippen LogP contribution >= 0.6 is 11.6 Å². The molecule has 0 aliphatic heterocycles. The first-order valence-electron chi connectivity index (χ1n) is 10.8. The minimum atomic E-state index is -4.10. The van der Waals surface area contributed by atoms with Crippen LogP contribution in [0.2, 0.25) is 5.02 Å². The van der Waals surface area contributed by atoms with Gasteiger partial charge in [-0.05, 0) is 72.6 Å². The first kappa shape index (κ1) is 26.8. The maximum Gasteiger partial charge on any atom is 0.339 e. The average molecular weight is 533 g/mol. The number of hydrogen-bond donors (Lipinski definition) is 1. The zero-order chi connectivity index (χ0) is 26.1. The third-order valence-corrected chi connectivity index (χ3v) is 6.26. The van der Waals surface area contributed by atoms with Gasteiger partial charge in [-0.2, -0.15) is 13.5 Å². The molecule has 36 heavy (non-hydrogen) atoms. The lowest BCUT2D eigenvalue weighted by Gasteiger charge is -2.11. The molecule has 0 radical (unpaired) electrons. The van der Waals surface area contributed by atoms with Crippen molar-refractivity contribution < 1.29 is 31.6 Å². The molecule has 0 saturated heterocycles. The van der Waals surface area contributed by atoms with E-state index in [2.05, 4.69) is 10.5 Å². The van der Waals surface area contributed by atoms with Crippen LogP contribution < -0.4 is 23.8 Å². The SMILES string of the molecule is CCCOc1ccc(C(=O)N/N=C/c2ccc(OS(=O)(=O)c3ccc(Cl)cc3)c(OC)c2)cc1OC. The van der Waals surface area contributed by atoms with Crippen molar-refractivity contribution in [2.75, 3.05) is 20.8 Å². The highest BCUT2D eigenvalue weighted by Gasteiger charge is 2.19. The summed E-state index contributed by atoms with van der Waals surface area (Å²) in [5.41, 5.74) is 3.30. The van der Waals surface area contributed by atoms with Gasteiger partial charge >= 0.3 is 10.1 Å². The minimum absolute atomic E-state index is 0.00823. The van der Waals surface area contributed by atoms with Gasteiger partial charge in [0.25, 0.3) is 5.91 Å². The number of nitrogens with zero attached hydrogens (tertiary/aromatic N) is 1. The van der Waals surface area contributed by atoms with Gasteiger partial charge in [-0.15, -0.1) is 0 Å². The second kappa shape index (κ2) is 12.3. The van der Waals surface area contributed by atoms with Crippen LogP contribution in [-0.4, -0.2) is 41.4 Å². The molecule has 0 heterocycles. The van der Waals surface area contributed by atoms with Crippen LogP contribution in [0.15, 0.2) is 70.7 Å². The molecule has 9 nitrogen and oxygen atoms in total. The van der Waals surface area contributed by atoms with Gasteiger partial charge in [0.1, 0.15) is 4.90 Å². The first-order valence-corrected chi connectivity index (χ1v) is 12.6. The predicted octanol–water partition coefficient (Wildman–Crippen LogP) is 4.68. The van der Waals surface area contributed by atoms with E-state index in [1.165, 1.54) is 56.8 Å². The maximum absolute atomic E-state index is 12.6. The van der Waals surface area contributed by atoms with Crippen molar-refractivity contribution >= 4 is 33.8 Å². The van der Waals surface area contributed by atoms with Crippen molar-refractivity contribution in [3.63, 3.8) is 0 Å². The summed E-state index contributed by atoms with van der Waals surface area (Å²) in [6.45, 7) is 2.53. The van der Waals surface area contributed by atoms with Gasteiger partial charge in [-0.3, -0.25) is 4.79 Å². The molecule has 0 aliphatic rings. The number of carbonyl (C=O) groups is 1. The third-order valence-electron chi connectivity index (χ3n) is 4.76. The van der Waals surface area contributed by atoms with Gasteiger partial charge in [0, 0.05) is 10.6 Å². The monoisotopic (exact) mass is 532 g/mol. The molecule has 0 aliphatic carbocycles. The number of nitrogens with one attached hydrogen (secondary N) is 1. The second-order valence-corrected chi connectivity index (χ2v) is 9.30. The van der Waals surface area contributed by atoms with E-state index in [9.17, 15) is 13.2 Å². The fourth-order valence-electron chi connectivity index (χ4n) is 2.97. The molecular weight excluding hydrogens is 508 g/mol. The zero-order valence-electron chi connectivity index (χ0n) is 19.9. The number of carbonyl (C=O) groups excluding carboxylic acids is 1. The molecule has 0 fully saturated rings. The van der Waals surface area contributed by atoms with E-state index >= 15 is 0 Å². The van der Waals surface area contributed by atoms with E-state index < -0.39 is 16.0 Å². The molecule has 0 aromatic heterocycles. The smallest absolute Gasteiger partial charge is 0.339 e. The molecule has 11 heteroatoms. The number of hydrazone groups is 1. The van der Waals surface area contributed by atoms with E-state index in [1.807, 2.05) is 6.92 Å². The van der Waals surface area contributed by atoms with Gasteiger partial charge in [-0.25, -0.2) is 5.43 Å². The Morgan fingerprint density at radius 1 is 0.944 bits per heavy atom. The lowest BCUT2D eigenvalue weighted by molar-refractivity contribution is 0.0954. The normalized spacial score (nSPS) is 11.2. The fourth-order valence-corrected chi connectivity index (χ4v) is 4.04. The van der Waals surface area contributed by atoms with Crippen molar-refractivity contribution in [2.24, 2.45) is 5.10 Å². The number of benzene rings is 3. The maximum atomic E-state index is 12.6. The molecule has 0 unspecified atom stereocenters. The number of halogens is 1. The molecule has 0 atom stereocenters. The van der Waals surface area contributed by atoms with Crippen LogP contribution in [0.4, 0.5) is 0 Å². The summed E-state index contributed by atoms with van der Waals surface area (Å²) in [4.78, 5) is 12.4. The number of rotatable bonds is 11. The highest BCUT2D eigenvalue weighted by molar-refractivity contribution is 7.87. The van der Waals surface area contributed by atoms with Crippen LogP contribution in [0.1, 0.15) is 29.3 Å². The van der Waals surface area contributed by atoms with Crippen LogP contribution in [0.3, 0.4) is 0 Å². The number of hydrogen-bond acceptors (Lipinski definition) is 8. The Morgan fingerprint density at radius 2 is 1.61 bits per heavy atom. The summed E-state index contributed by atoms with van der Waals surface area (Å²) in [6.07, 6.45) is 2.23. The average Bonchev–Trinajstić information content (AvgIpc) is 2.88. The van der Waals surface area contributed by atoms with Crippen molar-refractivity contribution in [2.45, 2.75) is 18.2 Å². The molecule has 3 aromatic rings. The summed E-state index contributed by atoms with van der Waals surface area (Å²) in [5.74, 6) is 0.690. The Kier molecular flexibility index (Phi) is 9.15. The molecule has 0 saturated carbocycles. The largest absolute Gasteiger partial charge is 0.493 e. The summed E-state index contributed by atoms with van der Waals surface area (Å²) in [5, 5.41) is 4.36. The highest BCUT2D eigenvalue weighted by Crippen LogP contribution is 2.31. The molecule has 3 rings (SSSR count). The van der Waals surface area contributed by atoms with Gasteiger partial charge in [-0.1, -0.05) is 18.5 Å². The van der Waals surface area contributed by atoms with E-state index in [1.54, 1.807) is 24.3 Å². The summed E-state index contributed by atoms with van der Waals surface area (Å²) in [6, 6.07) is 14.9. The van der Waals surface area contributed by atoms with E-state index in [-0.39, 0.29) is 16.4 Å². The van der Waals surface area contributed by atoms with E-state index in [0.29, 0.717) is 34.3 Å². The van der Waals surface area contributed by atoms with Crippen LogP contribution in [0.5, 0.6) is 23.0 Å². The Labute approximate surface area is 214 Å². The quantitative estimate of drug-likeness (QED) is 0.217. The lowest BCUT2D eigenvalue weighted by Crippen LogP contribution is -2.17. The van der Waals surface area contributed by atoms with E-state index in [4.69, 9.17) is 30.0 Å². The summed E-state index contributed by atoms with van der Waals surface area (Å²) < 4.78 is 46.5. The topological polar surface area (TPSA) is 113 Å². The molecule has 3 aromatic carbocycles. The zero-order valence-corrected chi connectivity index (χ0v) is 21.4. The predicted molar refractivity (Wildman–Crippen MR) is 136 cm³/mol. The van der Waals surface area contributed by atoms with Gasteiger partial charge < -0.3 is 18.4 Å². The Morgan fingerprint density at radius 3 is 2.28 bits per heavy atom. The van der Waals surface area contributed by atoms with Crippen molar-refractivity contribution in [3.05, 3.63) is 76.8 Å². The molecule has 0 spiro atoms. The van der Waals surface area contributed by atoms with Gasteiger partial charge in [0.2, 0.25) is 0 Å². The Balaban J connectivity index is 1.69. The van der Waals surface area contributed by atoms with E-state index in [0.717, 1.165) is 6.42 Å². The Bertz CT molecular complexity index is 1340. The fraction of sp³-hybridized carbons (Fsp3) is 0.200. The van der Waals surface area contributed by atoms with Crippen molar-refractivity contribution in [3.8, 4) is 23.0 Å². The standard InChI is InChI=1S/C25H25ClN2O7S/c1-4-13-34-21-12-6-18(15-24(21)33-3)25(29)28-27-16-17-5-11-22(23(14-17)32-2)35-36(30,31)20-9-7-19(26)8-10-20/h5-12,14-16H,4,13H2,1-3H3,(H,28,29)/b27-16+. The van der Waals surface area contributed by atoms with Crippen LogP contribution in [-0.2, 0) is 10.1 Å². The highest BCUT2D eigenvalue weighted by atomic mass is 35.5. The minimum Gasteiger partial charge on any atom is -0.493 e. The molecule has 1 amide bonds. The van der Waals surface area contributed by atoms with Gasteiger partial charge in [0.15, 0.2) is 23.0 Å². The molecule has 190 valence electrons.